The van der Waals surface area contributed by atoms with Crippen molar-refractivity contribution >= 4 is 11.6 Å². The molecule has 1 aliphatic heterocycles. The van der Waals surface area contributed by atoms with Crippen LogP contribution in [-0.2, 0) is 9.53 Å². The number of hydrogen-bond donors (Lipinski definition) is 2. The van der Waals surface area contributed by atoms with Crippen LogP contribution in [0.1, 0.15) is 39.0 Å². The third kappa shape index (κ3) is 4.87. The van der Waals surface area contributed by atoms with Gasteiger partial charge >= 0.3 is 0 Å². The van der Waals surface area contributed by atoms with Crippen LogP contribution in [0.15, 0.2) is 24.3 Å². The maximum Gasteiger partial charge on any atom is 0.239 e. The summed E-state index contributed by atoms with van der Waals surface area (Å²) in [7, 11) is 0. The minimum atomic E-state index is 0.0668. The highest BCUT2D eigenvalue weighted by molar-refractivity contribution is 5.81. The SMILES string of the molecule is C[C@@H]1CCCC[C@@H]1NC(=O)CNc1ccc(O[C@@H]2CCOC2)cc1. The van der Waals surface area contributed by atoms with Crippen molar-refractivity contribution < 1.29 is 14.3 Å². The highest BCUT2D eigenvalue weighted by Gasteiger charge is 2.22. The van der Waals surface area contributed by atoms with Crippen LogP contribution in [0.4, 0.5) is 5.69 Å². The normalized spacial score (nSPS) is 26.8. The van der Waals surface area contributed by atoms with Crippen molar-refractivity contribution in [1.29, 1.82) is 0 Å². The van der Waals surface area contributed by atoms with Gasteiger partial charge in [0.1, 0.15) is 11.9 Å². The van der Waals surface area contributed by atoms with E-state index >= 15 is 0 Å². The molecular formula is C19H28N2O3. The molecule has 1 aromatic carbocycles. The van der Waals surface area contributed by atoms with Crippen LogP contribution < -0.4 is 15.4 Å². The quantitative estimate of drug-likeness (QED) is 0.841. The van der Waals surface area contributed by atoms with Gasteiger partial charge in [-0.15, -0.1) is 0 Å². The molecule has 1 saturated heterocycles. The second-order valence-electron chi connectivity index (χ2n) is 6.92. The minimum Gasteiger partial charge on any atom is -0.488 e. The third-order valence-corrected chi connectivity index (χ3v) is 4.96. The number of benzene rings is 1. The molecule has 3 atom stereocenters. The van der Waals surface area contributed by atoms with Crippen LogP contribution in [0.5, 0.6) is 5.75 Å². The second kappa shape index (κ2) is 8.38. The lowest BCUT2D eigenvalue weighted by atomic mass is 9.86. The molecular weight excluding hydrogens is 304 g/mol. The lowest BCUT2D eigenvalue weighted by Gasteiger charge is -2.29. The van der Waals surface area contributed by atoms with Crippen LogP contribution in [0.25, 0.3) is 0 Å². The molecule has 1 aliphatic carbocycles. The largest absolute Gasteiger partial charge is 0.488 e. The van der Waals surface area contributed by atoms with Crippen molar-refractivity contribution in [3.63, 3.8) is 0 Å². The second-order valence-corrected chi connectivity index (χ2v) is 6.92. The summed E-state index contributed by atoms with van der Waals surface area (Å²) in [4.78, 5) is 12.1. The summed E-state index contributed by atoms with van der Waals surface area (Å²) in [5.41, 5.74) is 0.928. The van der Waals surface area contributed by atoms with Gasteiger partial charge in [0.05, 0.1) is 19.8 Å². The molecule has 2 fully saturated rings. The van der Waals surface area contributed by atoms with Gasteiger partial charge in [-0.1, -0.05) is 19.8 Å². The zero-order valence-corrected chi connectivity index (χ0v) is 14.4. The first-order valence-corrected chi connectivity index (χ1v) is 9.08. The predicted molar refractivity (Wildman–Crippen MR) is 94.3 cm³/mol. The Hall–Kier alpha value is -1.75. The van der Waals surface area contributed by atoms with Gasteiger partial charge in [-0.2, -0.15) is 0 Å². The van der Waals surface area contributed by atoms with Crippen LogP contribution in [-0.4, -0.2) is 37.8 Å². The first-order chi connectivity index (χ1) is 11.7. The Morgan fingerprint density at radius 3 is 2.71 bits per heavy atom. The number of anilines is 1. The summed E-state index contributed by atoms with van der Waals surface area (Å²) in [5.74, 6) is 1.49. The van der Waals surface area contributed by atoms with Crippen molar-refractivity contribution in [3.8, 4) is 5.75 Å². The van der Waals surface area contributed by atoms with E-state index in [1.165, 1.54) is 19.3 Å². The summed E-state index contributed by atoms with van der Waals surface area (Å²) in [6.45, 7) is 3.98. The van der Waals surface area contributed by atoms with Gasteiger partial charge in [0.15, 0.2) is 0 Å². The fourth-order valence-electron chi connectivity index (χ4n) is 3.42. The molecule has 0 bridgehead atoms. The highest BCUT2D eigenvalue weighted by Crippen LogP contribution is 2.23. The Bertz CT molecular complexity index is 526. The highest BCUT2D eigenvalue weighted by atomic mass is 16.5. The predicted octanol–water partition coefficient (Wildman–Crippen LogP) is 2.96. The number of carbonyl (C=O) groups is 1. The molecule has 5 heteroatoms. The van der Waals surface area contributed by atoms with E-state index in [1.807, 2.05) is 24.3 Å². The van der Waals surface area contributed by atoms with Gasteiger partial charge in [0.25, 0.3) is 0 Å². The van der Waals surface area contributed by atoms with Crippen molar-refractivity contribution in [2.24, 2.45) is 5.92 Å². The number of rotatable bonds is 6. The maximum absolute atomic E-state index is 12.1. The average molecular weight is 332 g/mol. The molecule has 0 spiro atoms. The summed E-state index contributed by atoms with van der Waals surface area (Å²) in [5, 5.41) is 6.34. The number of ether oxygens (including phenoxy) is 2. The third-order valence-electron chi connectivity index (χ3n) is 4.96. The van der Waals surface area contributed by atoms with E-state index in [0.29, 0.717) is 25.1 Å². The van der Waals surface area contributed by atoms with E-state index in [0.717, 1.165) is 30.9 Å². The zero-order valence-electron chi connectivity index (χ0n) is 14.4. The monoisotopic (exact) mass is 332 g/mol. The van der Waals surface area contributed by atoms with Crippen LogP contribution in [0.2, 0.25) is 0 Å². The lowest BCUT2D eigenvalue weighted by Crippen LogP contribution is -2.43. The Kier molecular flexibility index (Phi) is 5.96. The Morgan fingerprint density at radius 1 is 1.21 bits per heavy atom. The molecule has 1 amide bonds. The van der Waals surface area contributed by atoms with E-state index in [4.69, 9.17) is 9.47 Å². The standard InChI is InChI=1S/C19H28N2O3/c1-14-4-2-3-5-18(14)21-19(22)12-20-15-6-8-16(9-7-15)24-17-10-11-23-13-17/h6-9,14,17-18,20H,2-5,10-13H2,1H3,(H,21,22)/t14-,17-,18+/m1/s1. The smallest absolute Gasteiger partial charge is 0.239 e. The van der Waals surface area contributed by atoms with Crippen molar-refractivity contribution in [3.05, 3.63) is 24.3 Å². The zero-order chi connectivity index (χ0) is 16.8. The van der Waals surface area contributed by atoms with E-state index < -0.39 is 0 Å². The molecule has 132 valence electrons. The Labute approximate surface area is 144 Å². The van der Waals surface area contributed by atoms with Gasteiger partial charge in [-0.25, -0.2) is 0 Å². The number of nitrogens with one attached hydrogen (secondary N) is 2. The number of amides is 1. The van der Waals surface area contributed by atoms with Gasteiger partial charge in [-0.3, -0.25) is 4.79 Å². The average Bonchev–Trinajstić information content (AvgIpc) is 3.09. The van der Waals surface area contributed by atoms with Crippen molar-refractivity contribution in [2.45, 2.75) is 51.2 Å². The fraction of sp³-hybridized carbons (Fsp3) is 0.632. The molecule has 3 rings (SSSR count). The summed E-state index contributed by atoms with van der Waals surface area (Å²) in [6.07, 6.45) is 5.92. The molecule has 0 aromatic heterocycles. The first-order valence-electron chi connectivity index (χ1n) is 9.08. The molecule has 0 radical (unpaired) electrons. The summed E-state index contributed by atoms with van der Waals surface area (Å²) < 4.78 is 11.1. The lowest BCUT2D eigenvalue weighted by molar-refractivity contribution is -0.120. The maximum atomic E-state index is 12.1. The fourth-order valence-corrected chi connectivity index (χ4v) is 3.42. The van der Waals surface area contributed by atoms with Gasteiger partial charge in [0.2, 0.25) is 5.91 Å². The van der Waals surface area contributed by atoms with Gasteiger partial charge < -0.3 is 20.1 Å². The molecule has 2 aliphatic rings. The number of carbonyl (C=O) groups excluding carboxylic acids is 1. The van der Waals surface area contributed by atoms with Crippen LogP contribution >= 0.6 is 0 Å². The first kappa shape index (κ1) is 17.1. The van der Waals surface area contributed by atoms with E-state index in [1.54, 1.807) is 0 Å². The van der Waals surface area contributed by atoms with Gasteiger partial charge in [0, 0.05) is 18.2 Å². The molecule has 1 aromatic rings. The number of hydrogen-bond acceptors (Lipinski definition) is 4. The molecule has 1 heterocycles. The van der Waals surface area contributed by atoms with Crippen molar-refractivity contribution in [2.75, 3.05) is 25.1 Å². The molecule has 24 heavy (non-hydrogen) atoms. The molecule has 1 saturated carbocycles. The van der Waals surface area contributed by atoms with Crippen LogP contribution in [0, 0.1) is 5.92 Å². The van der Waals surface area contributed by atoms with Gasteiger partial charge in [-0.05, 0) is 43.0 Å². The summed E-state index contributed by atoms with van der Waals surface area (Å²) in [6, 6.07) is 8.09. The molecule has 0 unspecified atom stereocenters. The van der Waals surface area contributed by atoms with E-state index in [9.17, 15) is 4.79 Å². The van der Waals surface area contributed by atoms with Crippen molar-refractivity contribution in [1.82, 2.24) is 5.32 Å². The van der Waals surface area contributed by atoms with Crippen LogP contribution in [0.3, 0.4) is 0 Å². The Balaban J connectivity index is 1.41. The summed E-state index contributed by atoms with van der Waals surface area (Å²) >= 11 is 0. The van der Waals surface area contributed by atoms with E-state index in [2.05, 4.69) is 17.6 Å². The topological polar surface area (TPSA) is 59.6 Å². The molecule has 2 N–H and O–H groups in total. The molecule has 5 nitrogen and oxygen atoms in total. The Morgan fingerprint density at radius 2 is 2.00 bits per heavy atom. The minimum absolute atomic E-state index is 0.0668. The van der Waals surface area contributed by atoms with E-state index in [-0.39, 0.29) is 12.0 Å².